The summed E-state index contributed by atoms with van der Waals surface area (Å²) in [5.74, 6) is 2.31. The first-order valence-corrected chi connectivity index (χ1v) is 11.4. The van der Waals surface area contributed by atoms with Crippen molar-refractivity contribution in [3.63, 3.8) is 0 Å². The van der Waals surface area contributed by atoms with Crippen LogP contribution in [0.1, 0.15) is 11.4 Å². The van der Waals surface area contributed by atoms with Crippen LogP contribution in [0.2, 0.25) is 0 Å². The molecule has 3 aromatic heterocycles. The van der Waals surface area contributed by atoms with Crippen molar-refractivity contribution in [3.05, 3.63) is 84.2 Å². The fourth-order valence-corrected chi connectivity index (χ4v) is 4.69. The van der Waals surface area contributed by atoms with E-state index < -0.39 is 0 Å². The van der Waals surface area contributed by atoms with E-state index in [1.165, 1.54) is 10.9 Å². The van der Waals surface area contributed by atoms with Gasteiger partial charge in [0.15, 0.2) is 5.82 Å². The van der Waals surface area contributed by atoms with Crippen LogP contribution in [0.4, 0.5) is 0 Å². The Morgan fingerprint density at radius 1 is 0.844 bits per heavy atom. The molecule has 32 heavy (non-hydrogen) atoms. The number of nitrogens with zero attached hydrogens (tertiary/aromatic N) is 3. The number of benzene rings is 3. The molecule has 6 nitrogen and oxygen atoms in total. The minimum atomic E-state index is 0.670. The van der Waals surface area contributed by atoms with Gasteiger partial charge in [0, 0.05) is 16.5 Å². The summed E-state index contributed by atoms with van der Waals surface area (Å²) in [5, 5.41) is 9.44. The highest BCUT2D eigenvalue weighted by Crippen LogP contribution is 2.37. The summed E-state index contributed by atoms with van der Waals surface area (Å²) >= 11 is 1.55. The van der Waals surface area contributed by atoms with Gasteiger partial charge in [-0.1, -0.05) is 65.9 Å². The molecule has 0 spiro atoms. The van der Waals surface area contributed by atoms with Crippen LogP contribution < -0.4 is 0 Å². The number of hydrogen-bond donors (Lipinski definition) is 3. The third-order valence-electron chi connectivity index (χ3n) is 5.49. The number of fused-ring (bicyclic) bond motifs is 2. The van der Waals surface area contributed by atoms with E-state index in [0.29, 0.717) is 10.9 Å². The summed E-state index contributed by atoms with van der Waals surface area (Å²) in [7, 11) is 0. The number of imidazole rings is 1. The number of aryl methyl sites for hydroxylation is 1. The lowest BCUT2D eigenvalue weighted by Gasteiger charge is -2.03. The van der Waals surface area contributed by atoms with E-state index in [4.69, 9.17) is 4.98 Å². The average molecular weight is 437 g/mol. The predicted molar refractivity (Wildman–Crippen MR) is 130 cm³/mol. The lowest BCUT2D eigenvalue weighted by molar-refractivity contribution is 0.970. The van der Waals surface area contributed by atoms with Crippen molar-refractivity contribution in [2.75, 3.05) is 0 Å². The topological polar surface area (TPSA) is 86.0 Å². The Bertz CT molecular complexity index is 1510. The van der Waals surface area contributed by atoms with Crippen LogP contribution >= 0.6 is 11.8 Å². The summed E-state index contributed by atoms with van der Waals surface area (Å²) in [5.41, 5.74) is 7.54. The van der Waals surface area contributed by atoms with Gasteiger partial charge in [0.25, 0.3) is 0 Å². The smallest absolute Gasteiger partial charge is 0.209 e. The number of para-hydroxylation sites is 2. The van der Waals surface area contributed by atoms with Gasteiger partial charge in [-0.05, 0) is 36.8 Å². The lowest BCUT2D eigenvalue weighted by Crippen LogP contribution is -1.86. The maximum absolute atomic E-state index is 4.78. The quantitative estimate of drug-likeness (QED) is 0.285. The Balaban J connectivity index is 1.35. The molecule has 0 radical (unpaired) electrons. The number of thioether (sulfide) groups is 1. The molecule has 0 fully saturated rings. The molecule has 6 rings (SSSR count). The molecule has 0 atom stereocenters. The molecular weight excluding hydrogens is 416 g/mol. The largest absolute Gasteiger partial charge is 0.351 e. The number of H-pyrrole nitrogens is 3. The third kappa shape index (κ3) is 3.36. The highest BCUT2D eigenvalue weighted by molar-refractivity contribution is 7.98. The van der Waals surface area contributed by atoms with Crippen molar-refractivity contribution in [3.8, 4) is 22.6 Å². The first kappa shape index (κ1) is 18.9. The molecule has 3 N–H and O–H groups in total. The molecule has 0 saturated carbocycles. The number of nitrogens with one attached hydrogen (secondary N) is 3. The van der Waals surface area contributed by atoms with Crippen LogP contribution in [-0.2, 0) is 5.75 Å². The first-order valence-electron chi connectivity index (χ1n) is 10.4. The molecule has 0 saturated heterocycles. The predicted octanol–water partition coefficient (Wildman–Crippen LogP) is 6.10. The zero-order chi connectivity index (χ0) is 21.5. The van der Waals surface area contributed by atoms with Crippen LogP contribution in [0.3, 0.4) is 0 Å². The molecule has 0 aliphatic heterocycles. The summed E-state index contributed by atoms with van der Waals surface area (Å²) < 4.78 is 0. The highest BCUT2D eigenvalue weighted by atomic mass is 32.2. The first-order chi connectivity index (χ1) is 15.7. The Morgan fingerprint density at radius 2 is 1.69 bits per heavy atom. The van der Waals surface area contributed by atoms with Gasteiger partial charge in [0.2, 0.25) is 5.16 Å². The van der Waals surface area contributed by atoms with Gasteiger partial charge >= 0.3 is 0 Å². The molecular formula is C25H20N6S. The Morgan fingerprint density at radius 3 is 2.56 bits per heavy atom. The summed E-state index contributed by atoms with van der Waals surface area (Å²) in [4.78, 5) is 16.3. The molecule has 0 aliphatic rings. The van der Waals surface area contributed by atoms with Crippen molar-refractivity contribution in [2.45, 2.75) is 17.8 Å². The maximum atomic E-state index is 4.78. The van der Waals surface area contributed by atoms with Crippen LogP contribution in [0.25, 0.3) is 44.6 Å². The van der Waals surface area contributed by atoms with E-state index >= 15 is 0 Å². The molecule has 3 heterocycles. The average Bonchev–Trinajstić information content (AvgIpc) is 3.54. The minimum absolute atomic E-state index is 0.670. The summed E-state index contributed by atoms with van der Waals surface area (Å²) in [6.07, 6.45) is 0. The minimum Gasteiger partial charge on any atom is -0.351 e. The van der Waals surface area contributed by atoms with E-state index in [-0.39, 0.29) is 0 Å². The van der Waals surface area contributed by atoms with E-state index in [2.05, 4.69) is 74.5 Å². The molecule has 0 amide bonds. The van der Waals surface area contributed by atoms with Gasteiger partial charge in [-0.25, -0.2) is 4.98 Å². The zero-order valence-electron chi connectivity index (χ0n) is 17.4. The van der Waals surface area contributed by atoms with Crippen molar-refractivity contribution < 1.29 is 0 Å². The maximum Gasteiger partial charge on any atom is 0.209 e. The van der Waals surface area contributed by atoms with Crippen LogP contribution in [-0.4, -0.2) is 30.1 Å². The van der Waals surface area contributed by atoms with Gasteiger partial charge in [-0.3, -0.25) is 5.10 Å². The van der Waals surface area contributed by atoms with Gasteiger partial charge < -0.3 is 9.97 Å². The number of aromatic nitrogens is 6. The van der Waals surface area contributed by atoms with Crippen molar-refractivity contribution in [1.82, 2.24) is 30.1 Å². The van der Waals surface area contributed by atoms with E-state index in [9.17, 15) is 0 Å². The molecule has 6 aromatic rings. The van der Waals surface area contributed by atoms with Crippen molar-refractivity contribution in [1.29, 1.82) is 0 Å². The van der Waals surface area contributed by atoms with Gasteiger partial charge in [0.1, 0.15) is 5.82 Å². The zero-order valence-corrected chi connectivity index (χ0v) is 18.2. The number of aromatic amines is 3. The lowest BCUT2D eigenvalue weighted by atomic mass is 10.0. The summed E-state index contributed by atoms with van der Waals surface area (Å²) in [6.45, 7) is 2.11. The molecule has 0 unspecified atom stereocenters. The van der Waals surface area contributed by atoms with Crippen LogP contribution in [0.15, 0.2) is 78.0 Å². The molecule has 156 valence electrons. The van der Waals surface area contributed by atoms with Gasteiger partial charge in [-0.15, -0.1) is 5.10 Å². The second kappa shape index (κ2) is 7.69. The monoisotopic (exact) mass is 436 g/mol. The molecule has 0 aliphatic carbocycles. The molecule has 3 aromatic carbocycles. The SMILES string of the molecule is Cc1ccc2[nH]c(-c3nc(SCc4nc5ccccc5[nH]4)n[nH]3)c(-c3ccccc3)c2c1. The van der Waals surface area contributed by atoms with Crippen molar-refractivity contribution in [2.24, 2.45) is 0 Å². The Kier molecular flexibility index (Phi) is 4.54. The van der Waals surface area contributed by atoms with E-state index in [0.717, 1.165) is 45.0 Å². The summed E-state index contributed by atoms with van der Waals surface area (Å²) in [6, 6.07) is 24.9. The highest BCUT2D eigenvalue weighted by Gasteiger charge is 2.18. The van der Waals surface area contributed by atoms with Crippen LogP contribution in [0.5, 0.6) is 0 Å². The fraction of sp³-hybridized carbons (Fsp3) is 0.0800. The fourth-order valence-electron chi connectivity index (χ4n) is 4.02. The van der Waals surface area contributed by atoms with E-state index in [1.807, 2.05) is 30.3 Å². The standard InChI is InChI=1S/C25H20N6S/c1-15-11-12-18-17(13-15)22(16-7-3-2-4-8-16)23(28-18)24-29-25(31-30-24)32-14-21-26-19-9-5-6-10-20(19)27-21/h2-13,28H,14H2,1H3,(H,26,27)(H,29,30,31). The normalized spacial score (nSPS) is 11.5. The molecule has 0 bridgehead atoms. The number of rotatable bonds is 5. The Hall–Kier alpha value is -3.84. The van der Waals surface area contributed by atoms with Crippen molar-refractivity contribution >= 4 is 33.7 Å². The third-order valence-corrected chi connectivity index (χ3v) is 6.35. The van der Waals surface area contributed by atoms with Crippen LogP contribution in [0, 0.1) is 6.92 Å². The molecule has 7 heteroatoms. The van der Waals surface area contributed by atoms with E-state index in [1.54, 1.807) is 11.8 Å². The Labute approximate surface area is 188 Å². The van der Waals surface area contributed by atoms with Gasteiger partial charge in [-0.2, -0.15) is 4.98 Å². The second-order valence-electron chi connectivity index (χ2n) is 7.75. The second-order valence-corrected chi connectivity index (χ2v) is 8.69. The number of hydrogen-bond acceptors (Lipinski definition) is 4. The van der Waals surface area contributed by atoms with Gasteiger partial charge in [0.05, 0.1) is 22.5 Å².